The lowest BCUT2D eigenvalue weighted by molar-refractivity contribution is 0.139. The number of allylic oxidation sites excluding steroid dienone is 2. The van der Waals surface area contributed by atoms with Gasteiger partial charge in [0.2, 0.25) is 0 Å². The Morgan fingerprint density at radius 1 is 1.16 bits per heavy atom. The Hall–Kier alpha value is -1.11. The minimum Gasteiger partial charge on any atom is -0.260 e. The SMILES string of the molecule is CC12C=CC(c3ncccc31)[C@@H]1CCCCCC[C@H]12. The van der Waals surface area contributed by atoms with Crippen LogP contribution in [0.1, 0.15) is 62.6 Å². The summed E-state index contributed by atoms with van der Waals surface area (Å²) >= 11 is 0. The van der Waals surface area contributed by atoms with Crippen molar-refractivity contribution < 1.29 is 0 Å². The first-order valence-corrected chi connectivity index (χ1v) is 7.95. The van der Waals surface area contributed by atoms with Crippen molar-refractivity contribution in [1.82, 2.24) is 4.98 Å². The summed E-state index contributed by atoms with van der Waals surface area (Å²) in [6, 6.07) is 4.45. The van der Waals surface area contributed by atoms with Crippen molar-refractivity contribution in [3.8, 4) is 0 Å². The number of rotatable bonds is 0. The van der Waals surface area contributed by atoms with Crippen LogP contribution in [0.5, 0.6) is 0 Å². The molecule has 0 amide bonds. The van der Waals surface area contributed by atoms with E-state index in [2.05, 4.69) is 31.2 Å². The van der Waals surface area contributed by atoms with Gasteiger partial charge in [0.1, 0.15) is 0 Å². The third-order valence-electron chi connectivity index (χ3n) is 5.94. The Balaban J connectivity index is 1.85. The molecule has 4 atom stereocenters. The standard InChI is InChI=1S/C18H23N/c1-18-11-10-14(17-16(18)9-6-12-19-17)13-7-4-2-3-5-8-15(13)18/h6,9-15H,2-5,7-8H2,1H3/t13-,14?,15+,18?/m0/s1. The average Bonchev–Trinajstić information content (AvgIpc) is 2.40. The lowest BCUT2D eigenvalue weighted by Crippen LogP contribution is -2.46. The van der Waals surface area contributed by atoms with Crippen LogP contribution >= 0.6 is 0 Å². The van der Waals surface area contributed by atoms with E-state index < -0.39 is 0 Å². The monoisotopic (exact) mass is 253 g/mol. The first kappa shape index (κ1) is 11.7. The summed E-state index contributed by atoms with van der Waals surface area (Å²) in [7, 11) is 0. The van der Waals surface area contributed by atoms with Crippen LogP contribution < -0.4 is 0 Å². The molecule has 0 aromatic carbocycles. The van der Waals surface area contributed by atoms with Crippen LogP contribution in [0, 0.1) is 11.8 Å². The van der Waals surface area contributed by atoms with Crippen molar-refractivity contribution >= 4 is 0 Å². The van der Waals surface area contributed by atoms with Crippen molar-refractivity contribution in [3.05, 3.63) is 41.7 Å². The van der Waals surface area contributed by atoms with Gasteiger partial charge in [0.25, 0.3) is 0 Å². The zero-order valence-electron chi connectivity index (χ0n) is 11.8. The van der Waals surface area contributed by atoms with Gasteiger partial charge in [0.05, 0.1) is 5.69 Å². The molecule has 2 unspecified atom stereocenters. The lowest BCUT2D eigenvalue weighted by atomic mass is 9.51. The zero-order chi connectivity index (χ0) is 12.9. The van der Waals surface area contributed by atoms with Gasteiger partial charge in [-0.2, -0.15) is 0 Å². The quantitative estimate of drug-likeness (QED) is 0.616. The van der Waals surface area contributed by atoms with E-state index in [1.54, 1.807) is 0 Å². The summed E-state index contributed by atoms with van der Waals surface area (Å²) in [4.78, 5) is 4.74. The maximum absolute atomic E-state index is 4.74. The molecular formula is C18H23N. The molecule has 4 aliphatic rings. The first-order chi connectivity index (χ1) is 9.31. The fraction of sp³-hybridized carbons (Fsp3) is 0.611. The summed E-state index contributed by atoms with van der Waals surface area (Å²) < 4.78 is 0. The fourth-order valence-corrected chi connectivity index (χ4v) is 4.98. The average molecular weight is 253 g/mol. The van der Waals surface area contributed by atoms with Crippen molar-refractivity contribution in [2.75, 3.05) is 0 Å². The Labute approximate surface area is 116 Å². The summed E-state index contributed by atoms with van der Waals surface area (Å²) in [5.74, 6) is 2.29. The van der Waals surface area contributed by atoms with E-state index in [1.165, 1.54) is 49.8 Å². The van der Waals surface area contributed by atoms with E-state index in [-0.39, 0.29) is 5.41 Å². The van der Waals surface area contributed by atoms with Crippen molar-refractivity contribution in [3.63, 3.8) is 0 Å². The third-order valence-corrected chi connectivity index (χ3v) is 5.94. The van der Waals surface area contributed by atoms with Crippen LogP contribution in [0.15, 0.2) is 30.5 Å². The van der Waals surface area contributed by atoms with Crippen LogP contribution in [-0.4, -0.2) is 4.98 Å². The second-order valence-corrected chi connectivity index (χ2v) is 6.87. The molecule has 1 fully saturated rings. The van der Waals surface area contributed by atoms with E-state index in [9.17, 15) is 0 Å². The molecule has 1 nitrogen and oxygen atoms in total. The molecule has 1 saturated carbocycles. The molecule has 2 bridgehead atoms. The summed E-state index contributed by atoms with van der Waals surface area (Å²) in [6.45, 7) is 2.46. The van der Waals surface area contributed by atoms with Gasteiger partial charge in [-0.05, 0) is 36.3 Å². The molecule has 100 valence electrons. The molecule has 1 heteroatoms. The molecule has 0 aliphatic heterocycles. The minimum absolute atomic E-state index is 0.250. The van der Waals surface area contributed by atoms with Gasteiger partial charge in [-0.25, -0.2) is 0 Å². The lowest BCUT2D eigenvalue weighted by Gasteiger charge is -2.53. The van der Waals surface area contributed by atoms with Crippen molar-refractivity contribution in [2.45, 2.75) is 56.8 Å². The maximum Gasteiger partial charge on any atom is 0.0515 e. The third kappa shape index (κ3) is 1.57. The van der Waals surface area contributed by atoms with Gasteiger partial charge in [0, 0.05) is 17.5 Å². The molecule has 4 aliphatic carbocycles. The normalized spacial score (nSPS) is 40.2. The second kappa shape index (κ2) is 4.19. The highest BCUT2D eigenvalue weighted by molar-refractivity contribution is 5.46. The van der Waals surface area contributed by atoms with Gasteiger partial charge >= 0.3 is 0 Å². The Morgan fingerprint density at radius 2 is 2.00 bits per heavy atom. The van der Waals surface area contributed by atoms with Crippen LogP contribution in [0.25, 0.3) is 0 Å². The molecule has 1 aromatic rings. The highest BCUT2D eigenvalue weighted by atomic mass is 14.7. The van der Waals surface area contributed by atoms with E-state index in [0.29, 0.717) is 5.92 Å². The van der Waals surface area contributed by atoms with E-state index in [4.69, 9.17) is 4.98 Å². The molecule has 0 N–H and O–H groups in total. The maximum atomic E-state index is 4.74. The Morgan fingerprint density at radius 3 is 2.89 bits per heavy atom. The molecule has 1 aromatic heterocycles. The molecule has 0 saturated heterocycles. The fourth-order valence-electron chi connectivity index (χ4n) is 4.98. The zero-order valence-corrected chi connectivity index (χ0v) is 11.8. The van der Waals surface area contributed by atoms with Crippen LogP contribution in [0.4, 0.5) is 0 Å². The summed E-state index contributed by atoms with van der Waals surface area (Å²) in [5, 5.41) is 0. The minimum atomic E-state index is 0.250. The molecule has 19 heavy (non-hydrogen) atoms. The number of nitrogens with zero attached hydrogens (tertiary/aromatic N) is 1. The number of hydrogen-bond acceptors (Lipinski definition) is 1. The summed E-state index contributed by atoms with van der Waals surface area (Å²) in [6.07, 6.45) is 15.5. The predicted molar refractivity (Wildman–Crippen MR) is 78.2 cm³/mol. The van der Waals surface area contributed by atoms with E-state index in [1.807, 2.05) is 6.20 Å². The van der Waals surface area contributed by atoms with Crippen LogP contribution in [0.2, 0.25) is 0 Å². The molecule has 5 rings (SSSR count). The van der Waals surface area contributed by atoms with E-state index in [0.717, 1.165) is 11.8 Å². The predicted octanol–water partition coefficient (Wildman–Crippen LogP) is 4.59. The molecular weight excluding hydrogens is 230 g/mol. The summed E-state index contributed by atoms with van der Waals surface area (Å²) in [5.41, 5.74) is 3.15. The Bertz CT molecular complexity index is 518. The van der Waals surface area contributed by atoms with Crippen molar-refractivity contribution in [1.29, 1.82) is 0 Å². The molecule has 0 spiro atoms. The van der Waals surface area contributed by atoms with Gasteiger partial charge in [-0.1, -0.05) is 50.8 Å². The van der Waals surface area contributed by atoms with Gasteiger partial charge in [-0.15, -0.1) is 0 Å². The number of pyridine rings is 1. The molecule has 0 radical (unpaired) electrons. The largest absolute Gasteiger partial charge is 0.260 e. The number of hydrogen-bond donors (Lipinski definition) is 0. The number of aromatic nitrogens is 1. The van der Waals surface area contributed by atoms with Crippen LogP contribution in [-0.2, 0) is 5.41 Å². The van der Waals surface area contributed by atoms with Crippen LogP contribution in [0.3, 0.4) is 0 Å². The van der Waals surface area contributed by atoms with Crippen molar-refractivity contribution in [2.24, 2.45) is 11.8 Å². The highest BCUT2D eigenvalue weighted by Crippen LogP contribution is 2.57. The smallest absolute Gasteiger partial charge is 0.0515 e. The second-order valence-electron chi connectivity index (χ2n) is 6.87. The Kier molecular flexibility index (Phi) is 2.58. The van der Waals surface area contributed by atoms with E-state index >= 15 is 0 Å². The van der Waals surface area contributed by atoms with Gasteiger partial charge in [0.15, 0.2) is 0 Å². The topological polar surface area (TPSA) is 12.9 Å². The molecule has 1 heterocycles. The first-order valence-electron chi connectivity index (χ1n) is 7.95. The van der Waals surface area contributed by atoms with Gasteiger partial charge in [-0.3, -0.25) is 4.98 Å². The van der Waals surface area contributed by atoms with Gasteiger partial charge < -0.3 is 0 Å². The highest BCUT2D eigenvalue weighted by Gasteiger charge is 2.50.